The fourth-order valence-corrected chi connectivity index (χ4v) is 10.6. The average molecular weight is 986 g/mol. The highest BCUT2D eigenvalue weighted by molar-refractivity contribution is 6.38. The molecule has 0 radical (unpaired) electrons. The zero-order valence-corrected chi connectivity index (χ0v) is 43.3. The summed E-state index contributed by atoms with van der Waals surface area (Å²) in [5, 5.41) is 32.4. The van der Waals surface area contributed by atoms with Gasteiger partial charge in [0.25, 0.3) is 11.7 Å². The minimum Gasteiger partial charge on any atom is -0.481 e. The number of esters is 1. The number of ketones is 3. The van der Waals surface area contributed by atoms with E-state index in [4.69, 9.17) is 33.5 Å². The molecule has 394 valence electrons. The van der Waals surface area contributed by atoms with Gasteiger partial charge in [-0.05, 0) is 101 Å². The molecule has 0 aromatic carbocycles. The first-order valence-electron chi connectivity index (χ1n) is 25.4. The van der Waals surface area contributed by atoms with Crippen molar-refractivity contribution in [2.24, 2.45) is 41.4 Å². The van der Waals surface area contributed by atoms with Crippen LogP contribution in [0.3, 0.4) is 0 Å². The van der Waals surface area contributed by atoms with E-state index in [1.165, 1.54) is 12.0 Å². The minimum absolute atomic E-state index is 0.00514. The van der Waals surface area contributed by atoms with E-state index in [0.717, 1.165) is 12.0 Å². The summed E-state index contributed by atoms with van der Waals surface area (Å²) in [6.45, 7) is 12.8. The number of aliphatic hydroxyl groups is 2. The van der Waals surface area contributed by atoms with Crippen molar-refractivity contribution in [3.8, 4) is 0 Å². The van der Waals surface area contributed by atoms with Gasteiger partial charge in [0.05, 0.1) is 43.4 Å². The van der Waals surface area contributed by atoms with Crippen LogP contribution in [-0.4, -0.2) is 145 Å². The highest BCUT2D eigenvalue weighted by atomic mass is 16.6. The van der Waals surface area contributed by atoms with Crippen molar-refractivity contribution in [1.29, 1.82) is 0 Å². The first-order valence-corrected chi connectivity index (χ1v) is 25.4. The number of fused-ring (bicyclic) bond motifs is 4. The molecular formula is C54H83NO15. The van der Waals surface area contributed by atoms with Crippen LogP contribution in [0.15, 0.2) is 47.6 Å². The maximum Gasteiger partial charge on any atom is 0.311 e. The Bertz CT molecular complexity index is 1910. The van der Waals surface area contributed by atoms with Crippen LogP contribution in [0.2, 0.25) is 0 Å². The number of aliphatic hydroxyl groups excluding tert-OH is 1. The van der Waals surface area contributed by atoms with Crippen LogP contribution in [-0.2, 0) is 57.2 Å². The van der Waals surface area contributed by atoms with Crippen molar-refractivity contribution in [2.45, 2.75) is 174 Å². The molecule has 1 saturated carbocycles. The van der Waals surface area contributed by atoms with Crippen LogP contribution < -0.4 is 0 Å². The van der Waals surface area contributed by atoms with Gasteiger partial charge in [-0.15, -0.1) is 0 Å². The van der Waals surface area contributed by atoms with Crippen LogP contribution in [0, 0.1) is 41.4 Å². The Morgan fingerprint density at radius 3 is 2.29 bits per heavy atom. The van der Waals surface area contributed by atoms with Gasteiger partial charge < -0.3 is 48.6 Å². The zero-order chi connectivity index (χ0) is 51.9. The third-order valence-corrected chi connectivity index (χ3v) is 15.1. The van der Waals surface area contributed by atoms with E-state index in [1.807, 2.05) is 58.1 Å². The molecule has 2 unspecified atom stereocenters. The molecule has 0 aromatic heterocycles. The summed E-state index contributed by atoms with van der Waals surface area (Å²) in [6, 6.07) is 0. The first-order chi connectivity index (χ1) is 33.1. The van der Waals surface area contributed by atoms with Gasteiger partial charge in [0.2, 0.25) is 5.79 Å². The maximum atomic E-state index is 14.2. The molecule has 70 heavy (non-hydrogen) atoms. The monoisotopic (exact) mass is 986 g/mol. The van der Waals surface area contributed by atoms with Crippen LogP contribution >= 0.6 is 0 Å². The molecule has 4 rings (SSSR count). The molecule has 3 heterocycles. The van der Waals surface area contributed by atoms with Gasteiger partial charge in [0.1, 0.15) is 24.1 Å². The number of nitrogens with zero attached hydrogens (tertiary/aromatic N) is 1. The third kappa shape index (κ3) is 16.3. The maximum absolute atomic E-state index is 14.2. The summed E-state index contributed by atoms with van der Waals surface area (Å²) in [6.07, 6.45) is 11.0. The Hall–Kier alpha value is -3.90. The smallest absolute Gasteiger partial charge is 0.311 e. The predicted molar refractivity (Wildman–Crippen MR) is 261 cm³/mol. The number of piperidine rings is 1. The van der Waals surface area contributed by atoms with Crippen LogP contribution in [0.1, 0.15) is 126 Å². The lowest BCUT2D eigenvalue weighted by atomic mass is 9.78. The third-order valence-electron chi connectivity index (χ3n) is 15.1. The van der Waals surface area contributed by atoms with E-state index in [1.54, 1.807) is 41.1 Å². The SMILES string of the molecule is CO[C@H]1C[C@@H]2CC[C@@H](C)[C@@](O)(O2)C(=O)C(=O)N2CCCC(C2)C(=O)O[C@H](C(C)C[C@@H]2CC[C@@H](OCCC(=O)O)[C@H](OC)C2)CC(=O)[C@H](C)/C=C(\C)[C@@H](O)[C@@H](OC)C(=O)[C@H](C)C[C@H](C)/C=C/C=C/C=C/1C. The number of methoxy groups -OCH3 is 3. The summed E-state index contributed by atoms with van der Waals surface area (Å²) in [4.78, 5) is 82.6. The van der Waals surface area contributed by atoms with Crippen molar-refractivity contribution in [2.75, 3.05) is 41.0 Å². The molecule has 3 N–H and O–H groups in total. The topological polar surface area (TPSA) is 222 Å². The Balaban J connectivity index is 1.64. The Labute approximate surface area is 415 Å². The zero-order valence-electron chi connectivity index (χ0n) is 43.3. The summed E-state index contributed by atoms with van der Waals surface area (Å²) in [7, 11) is 4.54. The van der Waals surface area contributed by atoms with Gasteiger partial charge in [-0.1, -0.05) is 71.1 Å². The fourth-order valence-electron chi connectivity index (χ4n) is 10.6. The number of carbonyl (C=O) groups excluding carboxylic acids is 5. The Kier molecular flexibility index (Phi) is 23.3. The number of carboxylic acid groups (broad SMARTS) is 1. The van der Waals surface area contributed by atoms with Crippen LogP contribution in [0.5, 0.6) is 0 Å². The van der Waals surface area contributed by atoms with Crippen molar-refractivity contribution in [3.05, 3.63) is 47.6 Å². The highest BCUT2D eigenvalue weighted by Gasteiger charge is 2.52. The Morgan fingerprint density at radius 2 is 1.61 bits per heavy atom. The second-order valence-electron chi connectivity index (χ2n) is 20.7. The molecule has 1 amide bonds. The number of allylic oxidation sites excluding steroid dienone is 6. The van der Waals surface area contributed by atoms with Crippen LogP contribution in [0.4, 0.5) is 0 Å². The number of carboxylic acids is 1. The number of aliphatic carboxylic acids is 1. The number of Topliss-reactive ketones (excluding diaryl/α,β-unsaturated/α-hetero) is 3. The normalized spacial score (nSPS) is 38.3. The molecule has 3 fully saturated rings. The van der Waals surface area contributed by atoms with E-state index in [0.29, 0.717) is 63.4 Å². The van der Waals surface area contributed by atoms with Crippen LogP contribution in [0.25, 0.3) is 0 Å². The van der Waals surface area contributed by atoms with Crippen molar-refractivity contribution in [1.82, 2.24) is 4.90 Å². The number of hydrogen-bond donors (Lipinski definition) is 3. The first kappa shape index (κ1) is 58.7. The van der Waals surface area contributed by atoms with Crippen molar-refractivity contribution in [3.63, 3.8) is 0 Å². The molecule has 16 heteroatoms. The molecule has 3 aliphatic heterocycles. The van der Waals surface area contributed by atoms with Gasteiger partial charge in [-0.25, -0.2) is 0 Å². The molecule has 1 aliphatic carbocycles. The molecule has 0 spiro atoms. The van der Waals surface area contributed by atoms with Crippen molar-refractivity contribution < 1.29 is 72.5 Å². The summed E-state index contributed by atoms with van der Waals surface area (Å²) in [5.74, 6) is -9.41. The Morgan fingerprint density at radius 1 is 0.886 bits per heavy atom. The molecule has 2 saturated heterocycles. The minimum atomic E-state index is -2.39. The summed E-state index contributed by atoms with van der Waals surface area (Å²) >= 11 is 0. The largest absolute Gasteiger partial charge is 0.481 e. The van der Waals surface area contributed by atoms with Gasteiger partial charge in [0, 0.05) is 65.0 Å². The van der Waals surface area contributed by atoms with Gasteiger partial charge in [-0.3, -0.25) is 28.8 Å². The van der Waals surface area contributed by atoms with Crippen molar-refractivity contribution >= 4 is 35.2 Å². The number of carbonyl (C=O) groups is 6. The van der Waals surface area contributed by atoms with Gasteiger partial charge in [0.15, 0.2) is 5.78 Å². The lowest BCUT2D eigenvalue weighted by molar-refractivity contribution is -0.265. The quantitative estimate of drug-likeness (QED) is 0.120. The molecule has 0 aromatic rings. The van der Waals surface area contributed by atoms with Gasteiger partial charge >= 0.3 is 11.9 Å². The molecular weight excluding hydrogens is 903 g/mol. The second kappa shape index (κ2) is 27.8. The molecule has 16 nitrogen and oxygen atoms in total. The highest BCUT2D eigenvalue weighted by Crippen LogP contribution is 2.38. The molecule has 15 atom stereocenters. The predicted octanol–water partition coefficient (Wildman–Crippen LogP) is 6.54. The number of cyclic esters (lactones) is 1. The lowest BCUT2D eigenvalue weighted by Gasteiger charge is -2.42. The van der Waals surface area contributed by atoms with E-state index >= 15 is 0 Å². The average Bonchev–Trinajstić information content (AvgIpc) is 3.33. The van der Waals surface area contributed by atoms with Gasteiger partial charge in [-0.2, -0.15) is 0 Å². The summed E-state index contributed by atoms with van der Waals surface area (Å²) in [5.41, 5.74) is 1.26. The molecule has 4 bridgehead atoms. The van der Waals surface area contributed by atoms with E-state index in [9.17, 15) is 39.0 Å². The number of ether oxygens (including phenoxy) is 6. The van der Waals surface area contributed by atoms with E-state index in [-0.39, 0.29) is 74.1 Å². The standard InChI is InChI=1S/C54H83NO15/c1-32-15-12-11-13-16-33(2)44(65-8)29-41-20-18-38(7)54(64,70-41)51(61)52(62)55-23-14-17-40(31-55)53(63)69-45(35(4)27-39-19-21-43(46(28-39)66-9)68-24-22-47(57)58)30-42(56)34(3)26-37(6)49(60)50(67-10)48(59)36(5)25-32/h11-13,15-16,26,32,34-36,38-41,43-46,49-50,60,64H,14,17-25,27-31H2,1-10H3,(H,57,58)/b13-11+,15-12+,33-16+,37-26+/t32-,34-,35?,36-,38-,39+,40?,41+,43-,44+,45+,46-,49-,50+,54-/m1/s1. The second-order valence-corrected chi connectivity index (χ2v) is 20.7. The van der Waals surface area contributed by atoms with E-state index in [2.05, 4.69) is 0 Å². The lowest BCUT2D eigenvalue weighted by Crippen LogP contribution is -2.59. The number of hydrogen-bond acceptors (Lipinski definition) is 14. The van der Waals surface area contributed by atoms with E-state index < -0.39 is 83.6 Å². The summed E-state index contributed by atoms with van der Waals surface area (Å²) < 4.78 is 35.5. The number of amides is 1. The molecule has 4 aliphatic rings. The number of rotatable bonds is 10. The fraction of sp³-hybridized carbons (Fsp3) is 0.741.